The first-order chi connectivity index (χ1) is 11.5. The van der Waals surface area contributed by atoms with Crippen LogP contribution in [0.15, 0.2) is 18.2 Å². The van der Waals surface area contributed by atoms with Gasteiger partial charge in [0.1, 0.15) is 17.2 Å². The number of carbonyl (C=O) groups is 2. The monoisotopic (exact) mass is 354 g/mol. The number of amides is 2. The second-order valence-electron chi connectivity index (χ2n) is 7.52. The minimum absolute atomic E-state index is 0.173. The van der Waals surface area contributed by atoms with Crippen LogP contribution in [0.25, 0.3) is 0 Å². The first kappa shape index (κ1) is 19.1. The highest BCUT2D eigenvalue weighted by molar-refractivity contribution is 5.82. The summed E-state index contributed by atoms with van der Waals surface area (Å²) in [6.07, 6.45) is 0.0247. The Morgan fingerprint density at radius 3 is 2.44 bits per heavy atom. The van der Waals surface area contributed by atoms with Gasteiger partial charge in [-0.05, 0) is 44.7 Å². The molecule has 1 saturated carbocycles. The molecule has 2 unspecified atom stereocenters. The fourth-order valence-corrected chi connectivity index (χ4v) is 2.88. The Morgan fingerprint density at radius 2 is 1.92 bits per heavy atom. The number of halogens is 2. The maximum atomic E-state index is 14.1. The topological polar surface area (TPSA) is 67.4 Å². The van der Waals surface area contributed by atoms with Crippen molar-refractivity contribution in [2.45, 2.75) is 45.1 Å². The standard InChI is InChI=1S/C18H24F2N2O3/c1-11-8-18(11,13-6-5-12(19)7-14(13)20)10-22-15(23)9-21-16(24)25-17(2,3)4/h5-7,11H,8-10H2,1-4H3,(H,21,24)(H,22,23). The molecular formula is C18H24F2N2O3. The summed E-state index contributed by atoms with van der Waals surface area (Å²) in [7, 11) is 0. The molecule has 1 fully saturated rings. The third kappa shape index (κ3) is 4.90. The fraction of sp³-hybridized carbons (Fsp3) is 0.556. The summed E-state index contributed by atoms with van der Waals surface area (Å²) in [5, 5.41) is 5.07. The number of benzene rings is 1. The number of alkyl carbamates (subject to hydrolysis) is 1. The number of hydrogen-bond donors (Lipinski definition) is 2. The van der Waals surface area contributed by atoms with E-state index >= 15 is 0 Å². The van der Waals surface area contributed by atoms with Crippen LogP contribution in [-0.4, -0.2) is 30.7 Å². The van der Waals surface area contributed by atoms with E-state index in [1.165, 1.54) is 12.1 Å². The summed E-state index contributed by atoms with van der Waals surface area (Å²) in [6.45, 7) is 7.12. The molecule has 2 rings (SSSR count). The van der Waals surface area contributed by atoms with Crippen LogP contribution in [0.4, 0.5) is 13.6 Å². The van der Waals surface area contributed by atoms with Crippen LogP contribution in [0.3, 0.4) is 0 Å². The maximum Gasteiger partial charge on any atom is 0.408 e. The lowest BCUT2D eigenvalue weighted by Crippen LogP contribution is -2.42. The van der Waals surface area contributed by atoms with Gasteiger partial charge in [0, 0.05) is 18.0 Å². The molecular weight excluding hydrogens is 330 g/mol. The van der Waals surface area contributed by atoms with Crippen LogP contribution in [0.2, 0.25) is 0 Å². The van der Waals surface area contributed by atoms with E-state index in [1.807, 2.05) is 6.92 Å². The van der Waals surface area contributed by atoms with Crippen LogP contribution in [0.5, 0.6) is 0 Å². The molecule has 0 saturated heterocycles. The Morgan fingerprint density at radius 1 is 1.28 bits per heavy atom. The second-order valence-corrected chi connectivity index (χ2v) is 7.52. The SMILES string of the molecule is CC1CC1(CNC(=O)CNC(=O)OC(C)(C)C)c1ccc(F)cc1F. The molecule has 0 bridgehead atoms. The third-order valence-electron chi connectivity index (χ3n) is 4.31. The first-order valence-electron chi connectivity index (χ1n) is 8.22. The van der Waals surface area contributed by atoms with E-state index < -0.39 is 34.7 Å². The van der Waals surface area contributed by atoms with Crippen molar-refractivity contribution in [2.75, 3.05) is 13.1 Å². The smallest absolute Gasteiger partial charge is 0.408 e. The van der Waals surface area contributed by atoms with Gasteiger partial charge in [0.2, 0.25) is 5.91 Å². The van der Waals surface area contributed by atoms with Crippen molar-refractivity contribution in [3.8, 4) is 0 Å². The lowest BCUT2D eigenvalue weighted by atomic mass is 9.92. The van der Waals surface area contributed by atoms with Crippen LogP contribution in [0.1, 0.15) is 39.7 Å². The van der Waals surface area contributed by atoms with Gasteiger partial charge < -0.3 is 15.4 Å². The molecule has 5 nitrogen and oxygen atoms in total. The van der Waals surface area contributed by atoms with E-state index in [2.05, 4.69) is 10.6 Å². The van der Waals surface area contributed by atoms with Crippen molar-refractivity contribution in [3.63, 3.8) is 0 Å². The maximum absolute atomic E-state index is 14.1. The zero-order valence-corrected chi connectivity index (χ0v) is 14.9. The van der Waals surface area contributed by atoms with Crippen LogP contribution < -0.4 is 10.6 Å². The molecule has 0 spiro atoms. The normalized spacial score (nSPS) is 22.2. The number of rotatable bonds is 5. The summed E-state index contributed by atoms with van der Waals surface area (Å²) in [5.74, 6) is -1.46. The van der Waals surface area contributed by atoms with Crippen molar-refractivity contribution in [3.05, 3.63) is 35.4 Å². The van der Waals surface area contributed by atoms with E-state index in [4.69, 9.17) is 4.74 Å². The summed E-state index contributed by atoms with van der Waals surface area (Å²) in [4.78, 5) is 23.5. The van der Waals surface area contributed by atoms with Crippen LogP contribution in [0, 0.1) is 17.6 Å². The van der Waals surface area contributed by atoms with E-state index in [-0.39, 0.29) is 19.0 Å². The molecule has 0 aromatic heterocycles. The van der Waals surface area contributed by atoms with Crippen LogP contribution in [-0.2, 0) is 14.9 Å². The minimum atomic E-state index is -0.679. The zero-order chi connectivity index (χ0) is 18.8. The van der Waals surface area contributed by atoms with Gasteiger partial charge in [-0.25, -0.2) is 13.6 Å². The van der Waals surface area contributed by atoms with Gasteiger partial charge in [0.25, 0.3) is 0 Å². The highest BCUT2D eigenvalue weighted by Gasteiger charge is 2.53. The van der Waals surface area contributed by atoms with Gasteiger partial charge >= 0.3 is 6.09 Å². The predicted octanol–water partition coefficient (Wildman–Crippen LogP) is 2.88. The summed E-state index contributed by atoms with van der Waals surface area (Å²) >= 11 is 0. The Balaban J connectivity index is 1.89. The predicted molar refractivity (Wildman–Crippen MR) is 89.1 cm³/mol. The van der Waals surface area contributed by atoms with Gasteiger partial charge in [0.05, 0.1) is 6.54 Å². The lowest BCUT2D eigenvalue weighted by molar-refractivity contribution is -0.120. The number of hydrogen-bond acceptors (Lipinski definition) is 3. The Hall–Kier alpha value is -2.18. The molecule has 0 aliphatic heterocycles. The van der Waals surface area contributed by atoms with Crippen molar-refractivity contribution in [1.29, 1.82) is 0 Å². The molecule has 0 heterocycles. The Labute approximate surface area is 146 Å². The second kappa shape index (κ2) is 6.98. The summed E-state index contributed by atoms with van der Waals surface area (Å²) < 4.78 is 32.2. The van der Waals surface area contributed by atoms with E-state index in [0.717, 1.165) is 6.07 Å². The van der Waals surface area contributed by atoms with Gasteiger partial charge in [-0.15, -0.1) is 0 Å². The van der Waals surface area contributed by atoms with Crippen LogP contribution >= 0.6 is 0 Å². The number of ether oxygens (including phenoxy) is 1. The molecule has 7 heteroatoms. The van der Waals surface area contributed by atoms with Crippen molar-refractivity contribution >= 4 is 12.0 Å². The van der Waals surface area contributed by atoms with Crippen molar-refractivity contribution in [1.82, 2.24) is 10.6 Å². The largest absolute Gasteiger partial charge is 0.444 e. The molecule has 2 amide bonds. The van der Waals surface area contributed by atoms with E-state index in [0.29, 0.717) is 12.0 Å². The average molecular weight is 354 g/mol. The highest BCUT2D eigenvalue weighted by Crippen LogP contribution is 2.54. The number of carbonyl (C=O) groups excluding carboxylic acids is 2. The molecule has 1 aliphatic rings. The average Bonchev–Trinajstić information content (AvgIpc) is 3.12. The molecule has 2 N–H and O–H groups in total. The van der Waals surface area contributed by atoms with Gasteiger partial charge in [-0.1, -0.05) is 13.0 Å². The lowest BCUT2D eigenvalue weighted by Gasteiger charge is -2.20. The molecule has 1 aromatic rings. The molecule has 1 aromatic carbocycles. The zero-order valence-electron chi connectivity index (χ0n) is 14.9. The van der Waals surface area contributed by atoms with Crippen molar-refractivity contribution in [2.24, 2.45) is 5.92 Å². The Kier molecular flexibility index (Phi) is 5.34. The van der Waals surface area contributed by atoms with Gasteiger partial charge in [-0.2, -0.15) is 0 Å². The molecule has 2 atom stereocenters. The summed E-state index contributed by atoms with van der Waals surface area (Å²) in [5.41, 5.74) is -0.769. The number of nitrogens with one attached hydrogen (secondary N) is 2. The molecule has 1 aliphatic carbocycles. The van der Waals surface area contributed by atoms with Gasteiger partial charge in [-0.3, -0.25) is 4.79 Å². The first-order valence-corrected chi connectivity index (χ1v) is 8.22. The molecule has 25 heavy (non-hydrogen) atoms. The van der Waals surface area contributed by atoms with E-state index in [1.54, 1.807) is 20.8 Å². The highest BCUT2D eigenvalue weighted by atomic mass is 19.1. The quantitative estimate of drug-likeness (QED) is 0.854. The molecule has 0 radical (unpaired) electrons. The Bertz CT molecular complexity index is 673. The van der Waals surface area contributed by atoms with E-state index in [9.17, 15) is 18.4 Å². The van der Waals surface area contributed by atoms with Crippen molar-refractivity contribution < 1.29 is 23.1 Å². The fourth-order valence-electron chi connectivity index (χ4n) is 2.88. The van der Waals surface area contributed by atoms with Gasteiger partial charge in [0.15, 0.2) is 0 Å². The minimum Gasteiger partial charge on any atom is -0.444 e. The molecule has 138 valence electrons. The summed E-state index contributed by atoms with van der Waals surface area (Å²) in [6, 6.07) is 3.50. The third-order valence-corrected chi connectivity index (χ3v) is 4.31.